The highest BCUT2D eigenvalue weighted by molar-refractivity contribution is 7.80. The predicted molar refractivity (Wildman–Crippen MR) is 76.2 cm³/mol. The topological polar surface area (TPSA) is 32.3 Å². The lowest BCUT2D eigenvalue weighted by Gasteiger charge is -2.28. The Bertz CT molecular complexity index is 459. The minimum Gasteiger partial charge on any atom is -0.352 e. The van der Waals surface area contributed by atoms with Gasteiger partial charge in [0.2, 0.25) is 0 Å². The van der Waals surface area contributed by atoms with Crippen molar-refractivity contribution >= 4 is 18.5 Å². The number of carbonyl (C=O) groups excluding carboxylic acids is 1. The van der Waals surface area contributed by atoms with Gasteiger partial charge in [-0.25, -0.2) is 4.39 Å². The molecule has 0 unspecified atom stereocenters. The molecular weight excluding hydrogens is 263 g/mol. The predicted octanol–water partition coefficient (Wildman–Crippen LogP) is 2.19. The van der Waals surface area contributed by atoms with Crippen molar-refractivity contribution in [3.05, 3.63) is 29.6 Å². The molecule has 1 N–H and O–H groups in total. The minimum absolute atomic E-state index is 0.0698. The van der Waals surface area contributed by atoms with Crippen LogP contribution in [0.1, 0.15) is 23.2 Å². The number of likely N-dealkylation sites (tertiary alicyclic amines) is 1. The Balaban J connectivity index is 1.89. The minimum atomic E-state index is -0.501. The van der Waals surface area contributed by atoms with E-state index in [4.69, 9.17) is 0 Å². The summed E-state index contributed by atoms with van der Waals surface area (Å²) in [5.74, 6) is -0.367. The molecule has 0 radical (unpaired) electrons. The van der Waals surface area contributed by atoms with Crippen LogP contribution in [0, 0.1) is 11.7 Å². The first-order chi connectivity index (χ1) is 9.06. The van der Waals surface area contributed by atoms with Crippen LogP contribution in [0.15, 0.2) is 23.1 Å². The number of hydrogen-bond donors (Lipinski definition) is 2. The molecule has 0 spiro atoms. The van der Waals surface area contributed by atoms with Gasteiger partial charge in [0.1, 0.15) is 5.82 Å². The Kier molecular flexibility index (Phi) is 4.82. The molecule has 0 atom stereocenters. The highest BCUT2D eigenvalue weighted by atomic mass is 32.1. The van der Waals surface area contributed by atoms with Gasteiger partial charge < -0.3 is 10.2 Å². The summed E-state index contributed by atoms with van der Waals surface area (Å²) >= 11 is 4.12. The van der Waals surface area contributed by atoms with Crippen LogP contribution in [0.4, 0.5) is 4.39 Å². The number of amides is 1. The van der Waals surface area contributed by atoms with Crippen LogP contribution in [0.2, 0.25) is 0 Å². The number of rotatable bonds is 3. The van der Waals surface area contributed by atoms with Gasteiger partial charge >= 0.3 is 0 Å². The van der Waals surface area contributed by atoms with Crippen LogP contribution in [-0.4, -0.2) is 37.5 Å². The van der Waals surface area contributed by atoms with Crippen LogP contribution >= 0.6 is 12.6 Å². The lowest BCUT2D eigenvalue weighted by molar-refractivity contribution is 0.0934. The molecule has 1 aliphatic rings. The van der Waals surface area contributed by atoms with E-state index in [1.807, 2.05) is 0 Å². The molecule has 1 saturated heterocycles. The van der Waals surface area contributed by atoms with Crippen molar-refractivity contribution in [2.75, 3.05) is 26.7 Å². The van der Waals surface area contributed by atoms with E-state index in [0.29, 0.717) is 17.4 Å². The van der Waals surface area contributed by atoms with E-state index in [1.165, 1.54) is 18.2 Å². The zero-order chi connectivity index (χ0) is 13.8. The van der Waals surface area contributed by atoms with E-state index >= 15 is 0 Å². The van der Waals surface area contributed by atoms with Crippen LogP contribution in [0.3, 0.4) is 0 Å². The number of hydrogen-bond acceptors (Lipinski definition) is 3. The summed E-state index contributed by atoms with van der Waals surface area (Å²) in [5, 5.41) is 2.82. The second kappa shape index (κ2) is 6.39. The Labute approximate surface area is 118 Å². The first-order valence-corrected chi connectivity index (χ1v) is 6.96. The number of piperidine rings is 1. The van der Waals surface area contributed by atoms with Crippen molar-refractivity contribution in [3.63, 3.8) is 0 Å². The fourth-order valence-corrected chi connectivity index (χ4v) is 2.49. The quantitative estimate of drug-likeness (QED) is 0.833. The SMILES string of the molecule is CN1CCC(CNC(=O)c2cc(S)ccc2F)CC1. The Morgan fingerprint density at radius 1 is 1.47 bits per heavy atom. The molecule has 1 amide bonds. The smallest absolute Gasteiger partial charge is 0.254 e. The molecule has 1 fully saturated rings. The van der Waals surface area contributed by atoms with E-state index < -0.39 is 5.82 Å². The van der Waals surface area contributed by atoms with Crippen molar-refractivity contribution in [3.8, 4) is 0 Å². The van der Waals surface area contributed by atoms with E-state index in [0.717, 1.165) is 25.9 Å². The second-order valence-electron chi connectivity index (χ2n) is 5.12. The highest BCUT2D eigenvalue weighted by Gasteiger charge is 2.18. The third-order valence-electron chi connectivity index (χ3n) is 3.58. The maximum atomic E-state index is 13.5. The molecule has 1 aromatic rings. The fraction of sp³-hybridized carbons (Fsp3) is 0.500. The molecule has 0 bridgehead atoms. The van der Waals surface area contributed by atoms with Crippen molar-refractivity contribution in [2.45, 2.75) is 17.7 Å². The zero-order valence-electron chi connectivity index (χ0n) is 11.0. The fourth-order valence-electron chi connectivity index (χ4n) is 2.29. The van der Waals surface area contributed by atoms with Crippen LogP contribution in [0.25, 0.3) is 0 Å². The van der Waals surface area contributed by atoms with Gasteiger partial charge in [-0.15, -0.1) is 12.6 Å². The summed E-state index contributed by atoms with van der Waals surface area (Å²) in [5.41, 5.74) is 0.0698. The molecule has 0 aliphatic carbocycles. The average molecular weight is 282 g/mol. The maximum Gasteiger partial charge on any atom is 0.254 e. The molecular formula is C14H19FN2OS. The summed E-state index contributed by atoms with van der Waals surface area (Å²) in [7, 11) is 2.10. The van der Waals surface area contributed by atoms with Gasteiger partial charge in [0.05, 0.1) is 5.56 Å². The Morgan fingerprint density at radius 2 is 2.16 bits per heavy atom. The van der Waals surface area contributed by atoms with Crippen molar-refractivity contribution < 1.29 is 9.18 Å². The van der Waals surface area contributed by atoms with Gasteiger partial charge in [-0.2, -0.15) is 0 Å². The standard InChI is InChI=1S/C14H19FN2OS/c1-17-6-4-10(5-7-17)9-16-14(18)12-8-11(19)2-3-13(12)15/h2-3,8,10,19H,4-7,9H2,1H3,(H,16,18). The van der Waals surface area contributed by atoms with Crippen molar-refractivity contribution in [1.29, 1.82) is 0 Å². The molecule has 1 heterocycles. The van der Waals surface area contributed by atoms with Gasteiger partial charge in [-0.05, 0) is 57.1 Å². The maximum absolute atomic E-state index is 13.5. The van der Waals surface area contributed by atoms with Gasteiger partial charge in [0.15, 0.2) is 0 Å². The largest absolute Gasteiger partial charge is 0.352 e. The molecule has 3 nitrogen and oxygen atoms in total. The van der Waals surface area contributed by atoms with Crippen molar-refractivity contribution in [2.24, 2.45) is 5.92 Å². The summed E-state index contributed by atoms with van der Waals surface area (Å²) in [6.45, 7) is 2.73. The van der Waals surface area contributed by atoms with Gasteiger partial charge in [-0.1, -0.05) is 0 Å². The molecule has 1 aromatic carbocycles. The van der Waals surface area contributed by atoms with Crippen molar-refractivity contribution in [1.82, 2.24) is 10.2 Å². The van der Waals surface area contributed by atoms with E-state index in [-0.39, 0.29) is 11.5 Å². The number of nitrogens with one attached hydrogen (secondary N) is 1. The van der Waals surface area contributed by atoms with Crippen LogP contribution < -0.4 is 5.32 Å². The van der Waals surface area contributed by atoms with Gasteiger partial charge in [0.25, 0.3) is 5.91 Å². The molecule has 1 aliphatic heterocycles. The lowest BCUT2D eigenvalue weighted by Crippen LogP contribution is -2.37. The molecule has 0 aromatic heterocycles. The molecule has 5 heteroatoms. The Hall–Kier alpha value is -1.07. The number of thiol groups is 1. The van der Waals surface area contributed by atoms with E-state index in [9.17, 15) is 9.18 Å². The zero-order valence-corrected chi connectivity index (χ0v) is 11.9. The van der Waals surface area contributed by atoms with Crippen LogP contribution in [-0.2, 0) is 0 Å². The van der Waals surface area contributed by atoms with Gasteiger partial charge in [-0.3, -0.25) is 4.79 Å². The molecule has 19 heavy (non-hydrogen) atoms. The first kappa shape index (κ1) is 14.3. The molecule has 104 valence electrons. The third kappa shape index (κ3) is 3.94. The number of carbonyl (C=O) groups is 1. The van der Waals surface area contributed by atoms with E-state index in [1.54, 1.807) is 0 Å². The number of benzene rings is 1. The van der Waals surface area contributed by atoms with Gasteiger partial charge in [0, 0.05) is 11.4 Å². The highest BCUT2D eigenvalue weighted by Crippen LogP contribution is 2.16. The third-order valence-corrected chi connectivity index (χ3v) is 3.86. The summed E-state index contributed by atoms with van der Waals surface area (Å²) in [4.78, 5) is 14.8. The summed E-state index contributed by atoms with van der Waals surface area (Å²) in [6.07, 6.45) is 2.15. The summed E-state index contributed by atoms with van der Waals surface area (Å²) in [6, 6.07) is 4.27. The van der Waals surface area contributed by atoms with Crippen LogP contribution in [0.5, 0.6) is 0 Å². The molecule has 0 saturated carbocycles. The number of nitrogens with zero attached hydrogens (tertiary/aromatic N) is 1. The normalized spacial score (nSPS) is 17.4. The Morgan fingerprint density at radius 3 is 2.84 bits per heavy atom. The lowest BCUT2D eigenvalue weighted by atomic mass is 9.97. The number of halogens is 1. The molecule has 2 rings (SSSR count). The monoisotopic (exact) mass is 282 g/mol. The second-order valence-corrected chi connectivity index (χ2v) is 5.64. The first-order valence-electron chi connectivity index (χ1n) is 6.51. The summed E-state index contributed by atoms with van der Waals surface area (Å²) < 4.78 is 13.5. The average Bonchev–Trinajstić information content (AvgIpc) is 2.40. The van der Waals surface area contributed by atoms with E-state index in [2.05, 4.69) is 29.9 Å².